The van der Waals surface area contributed by atoms with E-state index in [1.165, 1.54) is 16.9 Å². The average molecular weight is 323 g/mol. The first kappa shape index (κ1) is 16.2. The number of thiophene rings is 1. The Bertz CT molecular complexity index is 659. The molecular formula is C16H21NO2S2. The fraction of sp³-hybridized carbons (Fsp3) is 0.375. The lowest BCUT2D eigenvalue weighted by Gasteiger charge is -2.13. The van der Waals surface area contributed by atoms with E-state index in [-0.39, 0.29) is 5.75 Å². The second-order valence-corrected chi connectivity index (χ2v) is 8.87. The first-order chi connectivity index (χ1) is 9.88. The smallest absolute Gasteiger partial charge is 0.189 e. The number of nitrogens with two attached hydrogens (primary N) is 1. The van der Waals surface area contributed by atoms with Gasteiger partial charge in [-0.25, -0.2) is 8.42 Å². The highest BCUT2D eigenvalue weighted by Crippen LogP contribution is 2.22. The molecule has 0 saturated heterocycles. The van der Waals surface area contributed by atoms with Crippen molar-refractivity contribution in [1.29, 1.82) is 0 Å². The predicted octanol–water partition coefficient (Wildman–Crippen LogP) is 3.42. The summed E-state index contributed by atoms with van der Waals surface area (Å²) in [5.74, 6) is 0.542. The van der Waals surface area contributed by atoms with E-state index in [2.05, 4.69) is 13.8 Å². The highest BCUT2D eigenvalue weighted by molar-refractivity contribution is 7.93. The zero-order valence-electron chi connectivity index (χ0n) is 12.3. The molecule has 0 spiro atoms. The highest BCUT2D eigenvalue weighted by Gasteiger charge is 2.20. The van der Waals surface area contributed by atoms with Crippen molar-refractivity contribution in [1.82, 2.24) is 0 Å². The molecular weight excluding hydrogens is 302 g/mol. The lowest BCUT2D eigenvalue weighted by molar-refractivity contribution is 0.591. The second-order valence-electron chi connectivity index (χ2n) is 5.66. The number of hydrogen-bond acceptors (Lipinski definition) is 4. The van der Waals surface area contributed by atoms with Crippen LogP contribution in [0.15, 0.2) is 46.0 Å². The first-order valence-corrected chi connectivity index (χ1v) is 9.52. The van der Waals surface area contributed by atoms with E-state index >= 15 is 0 Å². The highest BCUT2D eigenvalue weighted by atomic mass is 32.2. The summed E-state index contributed by atoms with van der Waals surface area (Å²) in [7, 11) is -3.30. The van der Waals surface area contributed by atoms with E-state index in [1.54, 1.807) is 17.5 Å². The predicted molar refractivity (Wildman–Crippen MR) is 88.3 cm³/mol. The Morgan fingerprint density at radius 1 is 1.14 bits per heavy atom. The molecule has 0 bridgehead atoms. The lowest BCUT2D eigenvalue weighted by atomic mass is 10.0. The summed E-state index contributed by atoms with van der Waals surface area (Å²) >= 11 is 1.23. The molecule has 1 atom stereocenters. The molecule has 114 valence electrons. The fourth-order valence-electron chi connectivity index (χ4n) is 2.23. The van der Waals surface area contributed by atoms with E-state index in [0.717, 1.165) is 12.0 Å². The minimum atomic E-state index is -3.30. The quantitative estimate of drug-likeness (QED) is 0.886. The van der Waals surface area contributed by atoms with Crippen molar-refractivity contribution in [3.05, 3.63) is 52.9 Å². The molecule has 2 N–H and O–H groups in total. The van der Waals surface area contributed by atoms with Crippen LogP contribution in [0.5, 0.6) is 0 Å². The zero-order valence-corrected chi connectivity index (χ0v) is 14.0. The number of rotatable bonds is 6. The van der Waals surface area contributed by atoms with E-state index in [4.69, 9.17) is 5.73 Å². The van der Waals surface area contributed by atoms with Crippen LogP contribution in [0.4, 0.5) is 0 Å². The van der Waals surface area contributed by atoms with Crippen LogP contribution in [0.1, 0.15) is 31.0 Å². The van der Waals surface area contributed by atoms with Gasteiger partial charge < -0.3 is 5.73 Å². The van der Waals surface area contributed by atoms with Crippen LogP contribution < -0.4 is 5.73 Å². The maximum atomic E-state index is 12.2. The monoisotopic (exact) mass is 323 g/mol. The van der Waals surface area contributed by atoms with Gasteiger partial charge in [0.2, 0.25) is 0 Å². The van der Waals surface area contributed by atoms with Gasteiger partial charge in [0.1, 0.15) is 4.21 Å². The second kappa shape index (κ2) is 6.73. The molecule has 21 heavy (non-hydrogen) atoms. The van der Waals surface area contributed by atoms with Gasteiger partial charge in [-0.2, -0.15) is 0 Å². The fourth-order valence-corrected chi connectivity index (χ4v) is 4.75. The summed E-state index contributed by atoms with van der Waals surface area (Å²) < 4.78 is 24.8. The van der Waals surface area contributed by atoms with E-state index < -0.39 is 15.9 Å². The van der Waals surface area contributed by atoms with Crippen LogP contribution in [0.2, 0.25) is 0 Å². The summed E-state index contributed by atoms with van der Waals surface area (Å²) in [6.45, 7) is 4.35. The van der Waals surface area contributed by atoms with Crippen molar-refractivity contribution in [3.8, 4) is 0 Å². The van der Waals surface area contributed by atoms with Crippen molar-refractivity contribution >= 4 is 21.2 Å². The molecule has 0 radical (unpaired) electrons. The van der Waals surface area contributed by atoms with Gasteiger partial charge in [0.25, 0.3) is 0 Å². The zero-order chi connectivity index (χ0) is 15.5. The SMILES string of the molecule is CC(C)Cc1ccc(C(N)CS(=O)(=O)c2cccs2)cc1. The molecule has 2 rings (SSSR count). The molecule has 1 aromatic heterocycles. The van der Waals surface area contributed by atoms with Gasteiger partial charge in [-0.15, -0.1) is 11.3 Å². The Hall–Kier alpha value is -1.17. The van der Waals surface area contributed by atoms with Gasteiger partial charge in [-0.1, -0.05) is 44.2 Å². The summed E-state index contributed by atoms with van der Waals surface area (Å²) in [5.41, 5.74) is 8.18. The van der Waals surface area contributed by atoms with Crippen molar-refractivity contribution < 1.29 is 8.42 Å². The molecule has 1 heterocycles. The van der Waals surface area contributed by atoms with Crippen LogP contribution >= 0.6 is 11.3 Å². The van der Waals surface area contributed by atoms with Crippen molar-refractivity contribution in [2.45, 2.75) is 30.5 Å². The van der Waals surface area contributed by atoms with Crippen LogP contribution in [-0.2, 0) is 16.3 Å². The molecule has 0 saturated carbocycles. The maximum Gasteiger partial charge on any atom is 0.189 e. The lowest BCUT2D eigenvalue weighted by Crippen LogP contribution is -2.21. The van der Waals surface area contributed by atoms with Crippen LogP contribution in [-0.4, -0.2) is 14.2 Å². The summed E-state index contributed by atoms with van der Waals surface area (Å²) in [6.07, 6.45) is 1.02. The van der Waals surface area contributed by atoms with Gasteiger partial charge in [-0.05, 0) is 34.9 Å². The van der Waals surface area contributed by atoms with Crippen molar-refractivity contribution in [3.63, 3.8) is 0 Å². The number of hydrogen-bond donors (Lipinski definition) is 1. The minimum Gasteiger partial charge on any atom is -0.323 e. The summed E-state index contributed by atoms with van der Waals surface area (Å²) in [6, 6.07) is 10.8. The van der Waals surface area contributed by atoms with Crippen LogP contribution in [0, 0.1) is 5.92 Å². The van der Waals surface area contributed by atoms with Crippen molar-refractivity contribution in [2.75, 3.05) is 5.75 Å². The normalized spacial score (nSPS) is 13.5. The summed E-state index contributed by atoms with van der Waals surface area (Å²) in [5, 5.41) is 1.76. The molecule has 3 nitrogen and oxygen atoms in total. The van der Waals surface area contributed by atoms with E-state index in [0.29, 0.717) is 10.1 Å². The molecule has 0 aliphatic heterocycles. The summed E-state index contributed by atoms with van der Waals surface area (Å²) in [4.78, 5) is 0. The Labute approximate surface area is 130 Å². The van der Waals surface area contributed by atoms with E-state index in [9.17, 15) is 8.42 Å². The third-order valence-electron chi connectivity index (χ3n) is 3.25. The van der Waals surface area contributed by atoms with Gasteiger partial charge in [-0.3, -0.25) is 0 Å². The average Bonchev–Trinajstić information content (AvgIpc) is 2.93. The number of sulfone groups is 1. The third-order valence-corrected chi connectivity index (χ3v) is 6.51. The van der Waals surface area contributed by atoms with E-state index in [1.807, 2.05) is 24.3 Å². The third kappa shape index (κ3) is 4.40. The molecule has 1 unspecified atom stereocenters. The largest absolute Gasteiger partial charge is 0.323 e. The van der Waals surface area contributed by atoms with Gasteiger partial charge >= 0.3 is 0 Å². The van der Waals surface area contributed by atoms with Gasteiger partial charge in [0.15, 0.2) is 9.84 Å². The molecule has 0 aliphatic carbocycles. The van der Waals surface area contributed by atoms with Crippen LogP contribution in [0.25, 0.3) is 0 Å². The molecule has 0 amide bonds. The Morgan fingerprint density at radius 3 is 2.33 bits per heavy atom. The van der Waals surface area contributed by atoms with Crippen molar-refractivity contribution in [2.24, 2.45) is 11.7 Å². The first-order valence-electron chi connectivity index (χ1n) is 6.99. The topological polar surface area (TPSA) is 60.2 Å². The molecule has 1 aromatic carbocycles. The van der Waals surface area contributed by atoms with Crippen LogP contribution in [0.3, 0.4) is 0 Å². The number of benzene rings is 1. The molecule has 2 aromatic rings. The minimum absolute atomic E-state index is 0.0585. The molecule has 0 aliphatic rings. The Kier molecular flexibility index (Phi) is 5.19. The molecule has 5 heteroatoms. The van der Waals surface area contributed by atoms with Gasteiger partial charge in [0.05, 0.1) is 5.75 Å². The van der Waals surface area contributed by atoms with Gasteiger partial charge in [0, 0.05) is 6.04 Å². The Balaban J connectivity index is 2.08. The standard InChI is InChI=1S/C16H21NO2S2/c1-12(2)10-13-5-7-14(8-6-13)15(17)11-21(18,19)16-4-3-9-20-16/h3-9,12,15H,10-11,17H2,1-2H3. The molecule has 0 fully saturated rings. The Morgan fingerprint density at radius 2 is 1.81 bits per heavy atom. The maximum absolute atomic E-state index is 12.2.